The summed E-state index contributed by atoms with van der Waals surface area (Å²) in [6.45, 7) is 2.10. The Balaban J connectivity index is 2.53. The molecule has 0 radical (unpaired) electrons. The first-order valence-electron chi connectivity index (χ1n) is 5.19. The lowest BCUT2D eigenvalue weighted by atomic mass is 10.0. The quantitative estimate of drug-likeness (QED) is 0.770. The first-order chi connectivity index (χ1) is 7.13. The van der Waals surface area contributed by atoms with Crippen LogP contribution in [-0.4, -0.2) is 17.1 Å². The van der Waals surface area contributed by atoms with Gasteiger partial charge in [-0.15, -0.1) is 0 Å². The lowest BCUT2D eigenvalue weighted by Crippen LogP contribution is -2.30. The highest BCUT2D eigenvalue weighted by molar-refractivity contribution is 5.73. The zero-order valence-electron chi connectivity index (χ0n) is 8.94. The van der Waals surface area contributed by atoms with Crippen LogP contribution in [0.15, 0.2) is 24.3 Å². The van der Waals surface area contributed by atoms with Crippen LogP contribution in [0.3, 0.4) is 0 Å². The molecule has 0 aliphatic heterocycles. The maximum atomic E-state index is 10.5. The van der Waals surface area contributed by atoms with E-state index in [0.29, 0.717) is 6.42 Å². The van der Waals surface area contributed by atoms with Crippen LogP contribution in [0.5, 0.6) is 0 Å². The number of aliphatic carboxylic acids is 1. The number of hydrogen-bond donors (Lipinski definition) is 2. The van der Waals surface area contributed by atoms with Crippen molar-refractivity contribution in [2.24, 2.45) is 5.73 Å². The van der Waals surface area contributed by atoms with Gasteiger partial charge in [-0.3, -0.25) is 4.79 Å². The standard InChI is InChI=1S/C12H17NO2/c1-2-9-4-3-5-10(8-9)6-7-11(13)12(14)15/h3-5,8,11H,2,6-7,13H2,1H3,(H,14,15)/t11-/m0/s1. The SMILES string of the molecule is CCc1cccc(CC[C@H](N)C(=O)O)c1. The summed E-state index contributed by atoms with van der Waals surface area (Å²) in [4.78, 5) is 10.5. The molecule has 3 nitrogen and oxygen atoms in total. The smallest absolute Gasteiger partial charge is 0.320 e. The van der Waals surface area contributed by atoms with E-state index in [9.17, 15) is 4.79 Å². The van der Waals surface area contributed by atoms with E-state index in [4.69, 9.17) is 10.8 Å². The van der Waals surface area contributed by atoms with Gasteiger partial charge in [0.1, 0.15) is 6.04 Å². The van der Waals surface area contributed by atoms with Crippen LogP contribution in [0, 0.1) is 0 Å². The van der Waals surface area contributed by atoms with Crippen molar-refractivity contribution in [1.82, 2.24) is 0 Å². The maximum Gasteiger partial charge on any atom is 0.320 e. The average Bonchev–Trinajstić information content (AvgIpc) is 2.26. The highest BCUT2D eigenvalue weighted by Gasteiger charge is 2.10. The van der Waals surface area contributed by atoms with Crippen LogP contribution in [0.25, 0.3) is 0 Å². The van der Waals surface area contributed by atoms with E-state index in [1.54, 1.807) is 0 Å². The summed E-state index contributed by atoms with van der Waals surface area (Å²) in [5.41, 5.74) is 7.87. The zero-order chi connectivity index (χ0) is 11.3. The van der Waals surface area contributed by atoms with Crippen molar-refractivity contribution in [2.45, 2.75) is 32.2 Å². The summed E-state index contributed by atoms with van der Waals surface area (Å²) in [6.07, 6.45) is 2.21. The minimum atomic E-state index is -0.929. The van der Waals surface area contributed by atoms with Crippen molar-refractivity contribution >= 4 is 5.97 Å². The van der Waals surface area contributed by atoms with E-state index in [-0.39, 0.29) is 0 Å². The Bertz CT molecular complexity index is 336. The molecule has 0 heterocycles. The highest BCUT2D eigenvalue weighted by Crippen LogP contribution is 2.09. The van der Waals surface area contributed by atoms with Crippen LogP contribution in [0.1, 0.15) is 24.5 Å². The van der Waals surface area contributed by atoms with Gasteiger partial charge < -0.3 is 10.8 Å². The van der Waals surface area contributed by atoms with Gasteiger partial charge in [-0.05, 0) is 30.4 Å². The fourth-order valence-corrected chi connectivity index (χ4v) is 1.45. The second kappa shape index (κ2) is 5.51. The Hall–Kier alpha value is -1.35. The topological polar surface area (TPSA) is 63.3 Å². The molecule has 0 aromatic heterocycles. The molecule has 0 aliphatic rings. The highest BCUT2D eigenvalue weighted by atomic mass is 16.4. The molecule has 1 rings (SSSR count). The van der Waals surface area contributed by atoms with Crippen LogP contribution in [0.4, 0.5) is 0 Å². The van der Waals surface area contributed by atoms with Gasteiger partial charge in [0.2, 0.25) is 0 Å². The van der Waals surface area contributed by atoms with Crippen molar-refractivity contribution < 1.29 is 9.90 Å². The Morgan fingerprint density at radius 3 is 2.73 bits per heavy atom. The predicted molar refractivity (Wildman–Crippen MR) is 59.8 cm³/mol. The first kappa shape index (κ1) is 11.7. The van der Waals surface area contributed by atoms with Gasteiger partial charge in [-0.1, -0.05) is 31.2 Å². The Morgan fingerprint density at radius 1 is 1.47 bits per heavy atom. The number of carboxylic acid groups (broad SMARTS) is 1. The number of benzene rings is 1. The second-order valence-corrected chi connectivity index (χ2v) is 3.66. The molecule has 1 atom stereocenters. The second-order valence-electron chi connectivity index (χ2n) is 3.66. The monoisotopic (exact) mass is 207 g/mol. The molecule has 15 heavy (non-hydrogen) atoms. The molecule has 0 spiro atoms. The van der Waals surface area contributed by atoms with E-state index in [1.807, 2.05) is 12.1 Å². The van der Waals surface area contributed by atoms with Gasteiger partial charge in [-0.2, -0.15) is 0 Å². The zero-order valence-corrected chi connectivity index (χ0v) is 8.94. The molecule has 0 bridgehead atoms. The number of hydrogen-bond acceptors (Lipinski definition) is 2. The summed E-state index contributed by atoms with van der Waals surface area (Å²) in [5.74, 6) is -0.929. The molecular weight excluding hydrogens is 190 g/mol. The van der Waals surface area contributed by atoms with E-state index < -0.39 is 12.0 Å². The molecule has 3 N–H and O–H groups in total. The van der Waals surface area contributed by atoms with Crippen molar-refractivity contribution in [1.29, 1.82) is 0 Å². The summed E-state index contributed by atoms with van der Waals surface area (Å²) in [5, 5.41) is 8.64. The molecular formula is C12H17NO2. The van der Waals surface area contributed by atoms with Crippen molar-refractivity contribution in [2.75, 3.05) is 0 Å². The van der Waals surface area contributed by atoms with Crippen molar-refractivity contribution in [3.05, 3.63) is 35.4 Å². The number of rotatable bonds is 5. The van der Waals surface area contributed by atoms with Gasteiger partial charge in [-0.25, -0.2) is 0 Å². The Kier molecular flexibility index (Phi) is 4.31. The predicted octanol–water partition coefficient (Wildman–Crippen LogP) is 1.59. The van der Waals surface area contributed by atoms with Crippen molar-refractivity contribution in [3.63, 3.8) is 0 Å². The van der Waals surface area contributed by atoms with Crippen LogP contribution < -0.4 is 5.73 Å². The molecule has 0 aliphatic carbocycles. The number of carbonyl (C=O) groups is 1. The van der Waals surface area contributed by atoms with E-state index in [1.165, 1.54) is 5.56 Å². The van der Waals surface area contributed by atoms with Gasteiger partial charge in [0.15, 0.2) is 0 Å². The van der Waals surface area contributed by atoms with E-state index in [2.05, 4.69) is 19.1 Å². The minimum absolute atomic E-state index is 0.489. The summed E-state index contributed by atoms with van der Waals surface area (Å²) in [6, 6.07) is 7.43. The molecule has 1 aromatic carbocycles. The lowest BCUT2D eigenvalue weighted by Gasteiger charge is -2.07. The fourth-order valence-electron chi connectivity index (χ4n) is 1.45. The Labute approximate surface area is 89.9 Å². The third-order valence-corrected chi connectivity index (χ3v) is 2.46. The minimum Gasteiger partial charge on any atom is -0.480 e. The Morgan fingerprint density at radius 2 is 2.13 bits per heavy atom. The first-order valence-corrected chi connectivity index (χ1v) is 5.19. The fraction of sp³-hybridized carbons (Fsp3) is 0.417. The summed E-state index contributed by atoms with van der Waals surface area (Å²) in [7, 11) is 0. The van der Waals surface area contributed by atoms with Crippen molar-refractivity contribution in [3.8, 4) is 0 Å². The van der Waals surface area contributed by atoms with E-state index in [0.717, 1.165) is 18.4 Å². The maximum absolute atomic E-state index is 10.5. The van der Waals surface area contributed by atoms with Crippen LogP contribution >= 0.6 is 0 Å². The lowest BCUT2D eigenvalue weighted by molar-refractivity contribution is -0.138. The molecule has 3 heteroatoms. The number of nitrogens with two attached hydrogens (primary N) is 1. The summed E-state index contributed by atoms with van der Waals surface area (Å²) < 4.78 is 0. The molecule has 0 saturated carbocycles. The van der Waals surface area contributed by atoms with Crippen LogP contribution in [0.2, 0.25) is 0 Å². The third-order valence-electron chi connectivity index (χ3n) is 2.46. The molecule has 82 valence electrons. The van der Waals surface area contributed by atoms with Gasteiger partial charge >= 0.3 is 5.97 Å². The molecule has 0 amide bonds. The normalized spacial score (nSPS) is 12.4. The largest absolute Gasteiger partial charge is 0.480 e. The third kappa shape index (κ3) is 3.72. The summed E-state index contributed by atoms with van der Waals surface area (Å²) >= 11 is 0. The number of aryl methyl sites for hydroxylation is 2. The average molecular weight is 207 g/mol. The van der Waals surface area contributed by atoms with Crippen LogP contribution in [-0.2, 0) is 17.6 Å². The molecule has 1 aromatic rings. The molecule has 0 fully saturated rings. The molecule has 0 unspecified atom stereocenters. The molecule has 0 saturated heterocycles. The van der Waals surface area contributed by atoms with Gasteiger partial charge in [0, 0.05) is 0 Å². The van der Waals surface area contributed by atoms with Gasteiger partial charge in [0.05, 0.1) is 0 Å². The van der Waals surface area contributed by atoms with Gasteiger partial charge in [0.25, 0.3) is 0 Å². The number of carboxylic acids is 1. The van der Waals surface area contributed by atoms with E-state index >= 15 is 0 Å².